The lowest BCUT2D eigenvalue weighted by Crippen LogP contribution is -2.17. The zero-order valence-corrected chi connectivity index (χ0v) is 20.7. The van der Waals surface area contributed by atoms with Gasteiger partial charge in [-0.15, -0.1) is 0 Å². The van der Waals surface area contributed by atoms with Crippen molar-refractivity contribution >= 4 is 23.8 Å². The third-order valence-corrected chi connectivity index (χ3v) is 8.49. The van der Waals surface area contributed by atoms with Gasteiger partial charge in [0.2, 0.25) is 0 Å². The molecule has 0 unspecified atom stereocenters. The Balaban J connectivity index is 1.18. The molecule has 0 aliphatic heterocycles. The Labute approximate surface area is 201 Å². The molecule has 0 amide bonds. The largest absolute Gasteiger partial charge is 0.0843 e. The summed E-state index contributed by atoms with van der Waals surface area (Å²) < 4.78 is 0. The van der Waals surface area contributed by atoms with Gasteiger partial charge in [-0.25, -0.2) is 0 Å². The summed E-state index contributed by atoms with van der Waals surface area (Å²) in [4.78, 5) is 0. The van der Waals surface area contributed by atoms with Crippen LogP contribution in [-0.2, 0) is 0 Å². The van der Waals surface area contributed by atoms with Crippen LogP contribution >= 0.6 is 11.6 Å². The van der Waals surface area contributed by atoms with Gasteiger partial charge in [0.15, 0.2) is 0 Å². The molecule has 0 N–H and O–H groups in total. The number of rotatable bonds is 8. The summed E-state index contributed by atoms with van der Waals surface area (Å²) in [6, 6.07) is 17.3. The quantitative estimate of drug-likeness (QED) is 0.352. The summed E-state index contributed by atoms with van der Waals surface area (Å²) in [7, 11) is 0. The van der Waals surface area contributed by atoms with E-state index in [-0.39, 0.29) is 0 Å². The molecule has 0 saturated heterocycles. The molecule has 2 aliphatic carbocycles. The van der Waals surface area contributed by atoms with Crippen LogP contribution in [0.4, 0.5) is 0 Å². The standard InChI is InChI=1S/C31H41Cl/c1-2-3-24-4-6-25(7-5-24)8-9-26-12-18-29(19-13-26)30-20-14-27(15-21-30)10-11-28-16-22-31(32)23-17-28/h10-11,14-17,20-26,29H,2-9,12-13,18-19H2,1H3/b11-10+. The molecular weight excluding hydrogens is 408 g/mol. The van der Waals surface area contributed by atoms with Crippen molar-refractivity contribution in [1.82, 2.24) is 0 Å². The number of halogens is 1. The van der Waals surface area contributed by atoms with E-state index >= 15 is 0 Å². The van der Waals surface area contributed by atoms with Gasteiger partial charge in [-0.1, -0.05) is 118 Å². The van der Waals surface area contributed by atoms with Gasteiger partial charge >= 0.3 is 0 Å². The van der Waals surface area contributed by atoms with Crippen molar-refractivity contribution < 1.29 is 0 Å². The van der Waals surface area contributed by atoms with Crippen LogP contribution in [0.15, 0.2) is 48.5 Å². The molecule has 4 rings (SSSR count). The van der Waals surface area contributed by atoms with E-state index in [1.165, 1.54) is 88.2 Å². The van der Waals surface area contributed by atoms with Crippen molar-refractivity contribution in [2.75, 3.05) is 0 Å². The first-order valence-electron chi connectivity index (χ1n) is 13.2. The molecule has 2 saturated carbocycles. The van der Waals surface area contributed by atoms with Crippen LogP contribution in [0.1, 0.15) is 107 Å². The molecule has 0 nitrogen and oxygen atoms in total. The number of hydrogen-bond donors (Lipinski definition) is 0. The number of benzene rings is 2. The summed E-state index contributed by atoms with van der Waals surface area (Å²) in [5.74, 6) is 3.84. The van der Waals surface area contributed by atoms with Crippen molar-refractivity contribution in [3.8, 4) is 0 Å². The molecule has 2 aromatic carbocycles. The average molecular weight is 449 g/mol. The van der Waals surface area contributed by atoms with Crippen molar-refractivity contribution in [3.63, 3.8) is 0 Å². The predicted molar refractivity (Wildman–Crippen MR) is 141 cm³/mol. The monoisotopic (exact) mass is 448 g/mol. The van der Waals surface area contributed by atoms with Crippen LogP contribution in [0.2, 0.25) is 5.02 Å². The summed E-state index contributed by atoms with van der Waals surface area (Å²) in [5.41, 5.74) is 4.00. The maximum atomic E-state index is 5.97. The molecule has 2 aromatic rings. The van der Waals surface area contributed by atoms with Gasteiger partial charge in [-0.3, -0.25) is 0 Å². The van der Waals surface area contributed by atoms with E-state index in [2.05, 4.69) is 55.5 Å². The molecule has 2 fully saturated rings. The van der Waals surface area contributed by atoms with Crippen molar-refractivity contribution in [2.24, 2.45) is 17.8 Å². The van der Waals surface area contributed by atoms with E-state index in [1.807, 2.05) is 12.1 Å². The Bertz CT molecular complexity index is 816. The molecular formula is C31H41Cl. The van der Waals surface area contributed by atoms with Crippen LogP contribution < -0.4 is 0 Å². The third kappa shape index (κ3) is 6.98. The average Bonchev–Trinajstić information content (AvgIpc) is 2.84. The first kappa shape index (κ1) is 23.6. The highest BCUT2D eigenvalue weighted by Gasteiger charge is 2.25. The van der Waals surface area contributed by atoms with Gasteiger partial charge in [0.25, 0.3) is 0 Å². The molecule has 172 valence electrons. The lowest BCUT2D eigenvalue weighted by molar-refractivity contribution is 0.224. The molecule has 2 aliphatic rings. The normalized spacial score (nSPS) is 26.4. The Kier molecular flexibility index (Phi) is 8.92. The second-order valence-electron chi connectivity index (χ2n) is 10.5. The highest BCUT2D eigenvalue weighted by molar-refractivity contribution is 6.30. The molecule has 0 heterocycles. The van der Waals surface area contributed by atoms with Crippen molar-refractivity contribution in [2.45, 2.75) is 89.9 Å². The Morgan fingerprint density at radius 3 is 1.56 bits per heavy atom. The van der Waals surface area contributed by atoms with Crippen LogP contribution in [0.25, 0.3) is 12.2 Å². The number of hydrogen-bond acceptors (Lipinski definition) is 0. The molecule has 0 bridgehead atoms. The van der Waals surface area contributed by atoms with Gasteiger partial charge in [-0.05, 0) is 78.2 Å². The Morgan fingerprint density at radius 1 is 0.625 bits per heavy atom. The minimum Gasteiger partial charge on any atom is -0.0843 e. The maximum Gasteiger partial charge on any atom is 0.0406 e. The molecule has 0 atom stereocenters. The summed E-state index contributed by atoms with van der Waals surface area (Å²) >= 11 is 5.97. The highest BCUT2D eigenvalue weighted by atomic mass is 35.5. The van der Waals surface area contributed by atoms with Crippen LogP contribution in [0.5, 0.6) is 0 Å². The second kappa shape index (κ2) is 12.1. The van der Waals surface area contributed by atoms with E-state index in [0.717, 1.165) is 28.7 Å². The molecule has 32 heavy (non-hydrogen) atoms. The highest BCUT2D eigenvalue weighted by Crippen LogP contribution is 2.40. The zero-order valence-electron chi connectivity index (χ0n) is 19.9. The fourth-order valence-electron chi connectivity index (χ4n) is 6.12. The topological polar surface area (TPSA) is 0 Å². The zero-order chi connectivity index (χ0) is 22.2. The minimum atomic E-state index is 0.769. The van der Waals surface area contributed by atoms with Crippen LogP contribution in [-0.4, -0.2) is 0 Å². The van der Waals surface area contributed by atoms with Gasteiger partial charge in [-0.2, -0.15) is 0 Å². The first-order valence-corrected chi connectivity index (χ1v) is 13.6. The van der Waals surface area contributed by atoms with E-state index in [4.69, 9.17) is 11.6 Å². The SMILES string of the molecule is CCCC1CCC(CCC2CCC(c3ccc(/C=C/c4ccc(Cl)cc4)cc3)CC2)CC1. The summed E-state index contributed by atoms with van der Waals surface area (Å²) in [5, 5.41) is 0.788. The smallest absolute Gasteiger partial charge is 0.0406 e. The Hall–Kier alpha value is -1.53. The van der Waals surface area contributed by atoms with Gasteiger partial charge in [0.1, 0.15) is 0 Å². The van der Waals surface area contributed by atoms with E-state index in [0.29, 0.717) is 0 Å². The Morgan fingerprint density at radius 2 is 1.06 bits per heavy atom. The lowest BCUT2D eigenvalue weighted by atomic mass is 9.74. The summed E-state index contributed by atoms with van der Waals surface area (Å²) in [6.07, 6.45) is 21.9. The van der Waals surface area contributed by atoms with Gasteiger partial charge in [0, 0.05) is 5.02 Å². The molecule has 0 spiro atoms. The van der Waals surface area contributed by atoms with Crippen LogP contribution in [0.3, 0.4) is 0 Å². The second-order valence-corrected chi connectivity index (χ2v) is 11.0. The van der Waals surface area contributed by atoms with E-state index in [9.17, 15) is 0 Å². The lowest BCUT2D eigenvalue weighted by Gasteiger charge is -2.32. The minimum absolute atomic E-state index is 0.769. The van der Waals surface area contributed by atoms with Crippen molar-refractivity contribution in [3.05, 3.63) is 70.2 Å². The van der Waals surface area contributed by atoms with Crippen molar-refractivity contribution in [1.29, 1.82) is 0 Å². The van der Waals surface area contributed by atoms with Gasteiger partial charge in [0.05, 0.1) is 0 Å². The fourth-order valence-corrected chi connectivity index (χ4v) is 6.24. The van der Waals surface area contributed by atoms with E-state index in [1.54, 1.807) is 5.56 Å². The van der Waals surface area contributed by atoms with Crippen LogP contribution in [0, 0.1) is 17.8 Å². The van der Waals surface area contributed by atoms with Gasteiger partial charge < -0.3 is 0 Å². The molecule has 0 aromatic heterocycles. The maximum absolute atomic E-state index is 5.97. The first-order chi connectivity index (χ1) is 15.7. The summed E-state index contributed by atoms with van der Waals surface area (Å²) in [6.45, 7) is 2.34. The molecule has 1 heteroatoms. The predicted octanol–water partition coefficient (Wildman–Crippen LogP) is 10.2. The third-order valence-electron chi connectivity index (χ3n) is 8.24. The molecule has 0 radical (unpaired) electrons. The fraction of sp³-hybridized carbons (Fsp3) is 0.548. The van der Waals surface area contributed by atoms with E-state index < -0.39 is 0 Å².